The molecule has 0 aliphatic carbocycles. The summed E-state index contributed by atoms with van der Waals surface area (Å²) >= 11 is 0. The summed E-state index contributed by atoms with van der Waals surface area (Å²) in [5, 5.41) is 11.8. The Morgan fingerprint density at radius 1 is 1.53 bits per heavy atom. The van der Waals surface area contributed by atoms with Crippen LogP contribution in [0.25, 0.3) is 0 Å². The lowest BCUT2D eigenvalue weighted by atomic mass is 10.0. The quantitative estimate of drug-likeness (QED) is 0.372. The molecule has 1 heterocycles. The number of aryl methyl sites for hydroxylation is 1. The zero-order valence-corrected chi connectivity index (χ0v) is 11.0. The molecule has 1 aromatic rings. The number of nitrogens with zero attached hydrogens (tertiary/aromatic N) is 2. The predicted molar refractivity (Wildman–Crippen MR) is 73.0 cm³/mol. The molecule has 3 N–H and O–H groups in total. The highest BCUT2D eigenvalue weighted by Crippen LogP contribution is 2.19. The van der Waals surface area contributed by atoms with Gasteiger partial charge in [-0.25, -0.2) is 0 Å². The summed E-state index contributed by atoms with van der Waals surface area (Å²) in [6, 6.07) is 7.58. The molecule has 1 aromatic carbocycles. The lowest BCUT2D eigenvalue weighted by molar-refractivity contribution is -0.130. The Morgan fingerprint density at radius 2 is 2.26 bits per heavy atom. The van der Waals surface area contributed by atoms with Crippen molar-refractivity contribution in [1.82, 2.24) is 4.90 Å². The van der Waals surface area contributed by atoms with Crippen LogP contribution in [0.5, 0.6) is 0 Å². The maximum absolute atomic E-state index is 12.3. The van der Waals surface area contributed by atoms with Crippen LogP contribution in [0.15, 0.2) is 29.4 Å². The minimum Gasteiger partial charge on any atom is -0.409 e. The minimum absolute atomic E-state index is 0.0309. The highest BCUT2D eigenvalue weighted by molar-refractivity contribution is 5.91. The third-order valence-electron chi connectivity index (χ3n) is 3.63. The first-order chi connectivity index (χ1) is 9.13. The summed E-state index contributed by atoms with van der Waals surface area (Å²) in [4.78, 5) is 14.0. The van der Waals surface area contributed by atoms with Crippen LogP contribution in [0, 0.1) is 6.92 Å². The molecule has 1 atom stereocenters. The topological polar surface area (TPSA) is 78.9 Å². The fourth-order valence-corrected chi connectivity index (χ4v) is 2.51. The zero-order chi connectivity index (χ0) is 13.8. The molecule has 1 saturated heterocycles. The first-order valence-corrected chi connectivity index (χ1v) is 6.45. The number of amides is 1. The van der Waals surface area contributed by atoms with Crippen LogP contribution in [-0.2, 0) is 11.2 Å². The molecular formula is C14H19N3O2. The van der Waals surface area contributed by atoms with E-state index in [1.165, 1.54) is 0 Å². The summed E-state index contributed by atoms with van der Waals surface area (Å²) in [5.74, 6) is 0.152. The molecule has 19 heavy (non-hydrogen) atoms. The van der Waals surface area contributed by atoms with Gasteiger partial charge in [0.1, 0.15) is 0 Å². The number of rotatable bonds is 3. The highest BCUT2D eigenvalue weighted by Gasteiger charge is 2.31. The maximum atomic E-state index is 12.3. The summed E-state index contributed by atoms with van der Waals surface area (Å²) in [5.41, 5.74) is 7.77. The van der Waals surface area contributed by atoms with Gasteiger partial charge in [-0.2, -0.15) is 0 Å². The maximum Gasteiger partial charge on any atom is 0.227 e. The van der Waals surface area contributed by atoms with Crippen LogP contribution in [0.3, 0.4) is 0 Å². The third kappa shape index (κ3) is 2.86. The number of hydrogen-bond donors (Lipinski definition) is 2. The van der Waals surface area contributed by atoms with E-state index in [4.69, 9.17) is 10.9 Å². The van der Waals surface area contributed by atoms with E-state index in [-0.39, 0.29) is 17.8 Å². The van der Waals surface area contributed by atoms with Gasteiger partial charge in [-0.1, -0.05) is 29.4 Å². The number of hydrogen-bond acceptors (Lipinski definition) is 3. The van der Waals surface area contributed by atoms with E-state index in [1.54, 1.807) is 4.90 Å². The molecule has 0 saturated carbocycles. The number of benzene rings is 1. The van der Waals surface area contributed by atoms with Gasteiger partial charge < -0.3 is 15.8 Å². The van der Waals surface area contributed by atoms with Gasteiger partial charge >= 0.3 is 0 Å². The molecular weight excluding hydrogens is 242 g/mol. The van der Waals surface area contributed by atoms with Gasteiger partial charge in [0.2, 0.25) is 5.91 Å². The smallest absolute Gasteiger partial charge is 0.227 e. The molecule has 1 aliphatic heterocycles. The van der Waals surface area contributed by atoms with Crippen molar-refractivity contribution in [3.05, 3.63) is 35.4 Å². The predicted octanol–water partition coefficient (Wildman–Crippen LogP) is 1.27. The van der Waals surface area contributed by atoms with Crippen molar-refractivity contribution < 1.29 is 10.0 Å². The van der Waals surface area contributed by atoms with E-state index in [9.17, 15) is 4.79 Å². The first kappa shape index (κ1) is 13.4. The summed E-state index contributed by atoms with van der Waals surface area (Å²) in [6.07, 6.45) is 2.01. The summed E-state index contributed by atoms with van der Waals surface area (Å²) in [6.45, 7) is 2.67. The lowest BCUT2D eigenvalue weighted by Gasteiger charge is -2.23. The summed E-state index contributed by atoms with van der Waals surface area (Å²) < 4.78 is 0. The minimum atomic E-state index is -0.262. The zero-order valence-electron chi connectivity index (χ0n) is 11.0. The van der Waals surface area contributed by atoms with Gasteiger partial charge in [0, 0.05) is 6.54 Å². The van der Waals surface area contributed by atoms with Crippen LogP contribution in [-0.4, -0.2) is 34.4 Å². The van der Waals surface area contributed by atoms with E-state index < -0.39 is 0 Å². The Kier molecular flexibility index (Phi) is 4.04. The average molecular weight is 261 g/mol. The van der Waals surface area contributed by atoms with Gasteiger partial charge in [0.05, 0.1) is 12.5 Å². The SMILES string of the molecule is Cc1ccccc1CC(=O)N1CCCC1C(N)=NO. The van der Waals surface area contributed by atoms with E-state index >= 15 is 0 Å². The average Bonchev–Trinajstić information content (AvgIpc) is 2.90. The second kappa shape index (κ2) is 5.73. The molecule has 0 bridgehead atoms. The van der Waals surface area contributed by atoms with Crippen molar-refractivity contribution in [2.75, 3.05) is 6.54 Å². The Hall–Kier alpha value is -2.04. The molecule has 1 amide bonds. The Balaban J connectivity index is 2.10. The molecule has 1 fully saturated rings. The van der Waals surface area contributed by atoms with Gasteiger partial charge in [-0.15, -0.1) is 0 Å². The lowest BCUT2D eigenvalue weighted by Crippen LogP contribution is -2.44. The van der Waals surface area contributed by atoms with Crippen LogP contribution in [0.2, 0.25) is 0 Å². The van der Waals surface area contributed by atoms with E-state index in [1.807, 2.05) is 31.2 Å². The van der Waals surface area contributed by atoms with Gasteiger partial charge in [-0.3, -0.25) is 4.79 Å². The van der Waals surface area contributed by atoms with Gasteiger partial charge in [-0.05, 0) is 30.9 Å². The second-order valence-corrected chi connectivity index (χ2v) is 4.87. The van der Waals surface area contributed by atoms with Gasteiger partial charge in [0.25, 0.3) is 0 Å². The fourth-order valence-electron chi connectivity index (χ4n) is 2.51. The molecule has 102 valence electrons. The Bertz CT molecular complexity index is 499. The van der Waals surface area contributed by atoms with Crippen LogP contribution in [0.4, 0.5) is 0 Å². The van der Waals surface area contributed by atoms with E-state index in [0.717, 1.165) is 24.0 Å². The van der Waals surface area contributed by atoms with Crippen molar-refractivity contribution in [2.45, 2.75) is 32.2 Å². The van der Waals surface area contributed by atoms with Crippen molar-refractivity contribution in [2.24, 2.45) is 10.9 Å². The van der Waals surface area contributed by atoms with Crippen LogP contribution >= 0.6 is 0 Å². The Morgan fingerprint density at radius 3 is 2.95 bits per heavy atom. The normalized spacial score (nSPS) is 19.7. The summed E-state index contributed by atoms with van der Waals surface area (Å²) in [7, 11) is 0. The number of carbonyl (C=O) groups is 1. The molecule has 1 aliphatic rings. The van der Waals surface area contributed by atoms with Gasteiger partial charge in [0.15, 0.2) is 5.84 Å². The monoisotopic (exact) mass is 261 g/mol. The molecule has 5 nitrogen and oxygen atoms in total. The molecule has 0 aromatic heterocycles. The molecule has 0 spiro atoms. The number of nitrogens with two attached hydrogens (primary N) is 1. The third-order valence-corrected chi connectivity index (χ3v) is 3.63. The number of oxime groups is 1. The molecule has 2 rings (SSSR count). The van der Waals surface area contributed by atoms with E-state index in [2.05, 4.69) is 5.16 Å². The number of amidine groups is 1. The van der Waals surface area contributed by atoms with E-state index in [0.29, 0.717) is 13.0 Å². The molecule has 5 heteroatoms. The number of likely N-dealkylation sites (tertiary alicyclic amines) is 1. The van der Waals surface area contributed by atoms with Crippen LogP contribution in [0.1, 0.15) is 24.0 Å². The first-order valence-electron chi connectivity index (χ1n) is 6.45. The highest BCUT2D eigenvalue weighted by atomic mass is 16.4. The number of carbonyl (C=O) groups excluding carboxylic acids is 1. The largest absolute Gasteiger partial charge is 0.409 e. The molecule has 0 radical (unpaired) electrons. The van der Waals surface area contributed by atoms with Crippen molar-refractivity contribution >= 4 is 11.7 Å². The van der Waals surface area contributed by atoms with Crippen molar-refractivity contribution in [3.63, 3.8) is 0 Å². The second-order valence-electron chi connectivity index (χ2n) is 4.87. The standard InChI is InChI=1S/C14H19N3O2/c1-10-5-2-3-6-11(10)9-13(18)17-8-4-7-12(17)14(15)16-19/h2-3,5-6,12,19H,4,7-9H2,1H3,(H2,15,16). The van der Waals surface area contributed by atoms with Crippen LogP contribution < -0.4 is 5.73 Å². The molecule has 1 unspecified atom stereocenters. The Labute approximate surface area is 112 Å². The van der Waals surface area contributed by atoms with Crippen molar-refractivity contribution in [3.8, 4) is 0 Å². The van der Waals surface area contributed by atoms with Crippen molar-refractivity contribution in [1.29, 1.82) is 0 Å². The fraction of sp³-hybridized carbons (Fsp3) is 0.429.